The molecule has 2 aromatic rings. The van der Waals surface area contributed by atoms with Gasteiger partial charge >= 0.3 is 0 Å². The van der Waals surface area contributed by atoms with Crippen LogP contribution >= 0.6 is 0 Å². The second-order valence-corrected chi connectivity index (χ2v) is 6.98. The van der Waals surface area contributed by atoms with Crippen LogP contribution in [0.3, 0.4) is 0 Å². The maximum Gasteiger partial charge on any atom is 0.246 e. The number of rotatable bonds is 5. The first kappa shape index (κ1) is 15.9. The smallest absolute Gasteiger partial charge is 0.246 e. The van der Waals surface area contributed by atoms with E-state index in [4.69, 9.17) is 0 Å². The lowest BCUT2D eigenvalue weighted by Crippen LogP contribution is -2.64. The van der Waals surface area contributed by atoms with Crippen molar-refractivity contribution in [3.8, 4) is 0 Å². The highest BCUT2D eigenvalue weighted by Crippen LogP contribution is 2.37. The van der Waals surface area contributed by atoms with Gasteiger partial charge in [-0.25, -0.2) is 0 Å². The van der Waals surface area contributed by atoms with Gasteiger partial charge in [-0.1, -0.05) is 60.7 Å². The molecule has 1 aliphatic carbocycles. The summed E-state index contributed by atoms with van der Waals surface area (Å²) in [7, 11) is 0. The highest BCUT2D eigenvalue weighted by molar-refractivity contribution is 5.97. The van der Waals surface area contributed by atoms with Crippen molar-refractivity contribution in [2.24, 2.45) is 5.92 Å². The molecule has 4 nitrogen and oxygen atoms in total. The summed E-state index contributed by atoms with van der Waals surface area (Å²) in [6, 6.07) is 19.0. The maximum absolute atomic E-state index is 13.1. The number of piperazine rings is 1. The molecule has 0 spiro atoms. The monoisotopic (exact) mass is 334 g/mol. The zero-order valence-electron chi connectivity index (χ0n) is 14.1. The third-order valence-electron chi connectivity index (χ3n) is 5.05. The molecule has 2 atom stereocenters. The van der Waals surface area contributed by atoms with Crippen LogP contribution < -0.4 is 5.32 Å². The van der Waals surface area contributed by atoms with E-state index in [0.717, 1.165) is 24.0 Å². The Morgan fingerprint density at radius 3 is 2.08 bits per heavy atom. The second kappa shape index (κ2) is 6.71. The molecule has 4 heteroatoms. The lowest BCUT2D eigenvalue weighted by atomic mass is 9.97. The molecule has 0 radical (unpaired) electrons. The van der Waals surface area contributed by atoms with Crippen molar-refractivity contribution in [1.82, 2.24) is 10.2 Å². The van der Waals surface area contributed by atoms with Crippen LogP contribution in [0.2, 0.25) is 0 Å². The van der Waals surface area contributed by atoms with Crippen LogP contribution in [-0.2, 0) is 22.6 Å². The minimum atomic E-state index is -0.478. The van der Waals surface area contributed by atoms with E-state index >= 15 is 0 Å². The van der Waals surface area contributed by atoms with Crippen LogP contribution in [0.5, 0.6) is 0 Å². The van der Waals surface area contributed by atoms with Gasteiger partial charge in [-0.05, 0) is 29.9 Å². The SMILES string of the molecule is O=C1NC(Cc2ccccc2)C(=O)N(Cc2ccccc2)C1C1CC1. The van der Waals surface area contributed by atoms with Crippen LogP contribution in [0, 0.1) is 5.92 Å². The number of carbonyl (C=O) groups is 2. The molecule has 25 heavy (non-hydrogen) atoms. The van der Waals surface area contributed by atoms with Crippen LogP contribution in [0.15, 0.2) is 60.7 Å². The van der Waals surface area contributed by atoms with Crippen molar-refractivity contribution >= 4 is 11.8 Å². The standard InChI is InChI=1S/C21H22N2O2/c24-20-19(17-11-12-17)23(14-16-9-5-2-6-10-16)21(25)18(22-20)13-15-7-3-1-4-8-15/h1-10,17-19H,11-14H2,(H,22,24). The summed E-state index contributed by atoms with van der Waals surface area (Å²) in [5.41, 5.74) is 2.13. The van der Waals surface area contributed by atoms with Gasteiger partial charge in [0.25, 0.3) is 0 Å². The zero-order chi connectivity index (χ0) is 17.2. The van der Waals surface area contributed by atoms with Crippen LogP contribution in [0.4, 0.5) is 0 Å². The molecule has 4 rings (SSSR count). The Kier molecular flexibility index (Phi) is 4.26. The third-order valence-corrected chi connectivity index (χ3v) is 5.05. The molecule has 1 N–H and O–H groups in total. The van der Waals surface area contributed by atoms with Crippen molar-refractivity contribution in [2.45, 2.75) is 37.9 Å². The topological polar surface area (TPSA) is 49.4 Å². The fourth-order valence-electron chi connectivity index (χ4n) is 3.62. The average Bonchev–Trinajstić information content (AvgIpc) is 3.46. The van der Waals surface area contributed by atoms with Crippen LogP contribution in [-0.4, -0.2) is 28.8 Å². The van der Waals surface area contributed by atoms with Gasteiger partial charge in [0.1, 0.15) is 12.1 Å². The maximum atomic E-state index is 13.1. The minimum absolute atomic E-state index is 0.000961. The summed E-state index contributed by atoms with van der Waals surface area (Å²) in [6.07, 6.45) is 2.59. The summed E-state index contributed by atoms with van der Waals surface area (Å²) >= 11 is 0. The number of benzene rings is 2. The molecular formula is C21H22N2O2. The summed E-state index contributed by atoms with van der Waals surface area (Å²) in [5, 5.41) is 2.97. The summed E-state index contributed by atoms with van der Waals surface area (Å²) in [5.74, 6) is 0.341. The fourth-order valence-corrected chi connectivity index (χ4v) is 3.62. The first-order valence-corrected chi connectivity index (χ1v) is 8.91. The first-order valence-electron chi connectivity index (χ1n) is 8.91. The molecule has 0 bridgehead atoms. The Morgan fingerprint density at radius 1 is 0.880 bits per heavy atom. The highest BCUT2D eigenvalue weighted by atomic mass is 16.2. The van der Waals surface area contributed by atoms with E-state index in [1.54, 1.807) is 4.90 Å². The van der Waals surface area contributed by atoms with Crippen molar-refractivity contribution in [1.29, 1.82) is 0 Å². The zero-order valence-corrected chi connectivity index (χ0v) is 14.1. The van der Waals surface area contributed by atoms with Crippen LogP contribution in [0.25, 0.3) is 0 Å². The fraction of sp³-hybridized carbons (Fsp3) is 0.333. The molecule has 0 aromatic heterocycles. The Labute approximate surface area is 147 Å². The largest absolute Gasteiger partial charge is 0.342 e. The van der Waals surface area contributed by atoms with Gasteiger partial charge in [0.2, 0.25) is 11.8 Å². The van der Waals surface area contributed by atoms with Gasteiger partial charge in [0.15, 0.2) is 0 Å². The van der Waals surface area contributed by atoms with E-state index < -0.39 is 6.04 Å². The van der Waals surface area contributed by atoms with Crippen molar-refractivity contribution in [3.05, 3.63) is 71.8 Å². The molecule has 1 saturated heterocycles. The van der Waals surface area contributed by atoms with E-state index in [2.05, 4.69) is 5.32 Å². The predicted octanol–water partition coefficient (Wildman–Crippen LogP) is 2.53. The summed E-state index contributed by atoms with van der Waals surface area (Å²) in [4.78, 5) is 27.7. The van der Waals surface area contributed by atoms with E-state index in [-0.39, 0.29) is 17.9 Å². The van der Waals surface area contributed by atoms with E-state index in [1.165, 1.54) is 0 Å². The van der Waals surface area contributed by atoms with Crippen molar-refractivity contribution in [3.63, 3.8) is 0 Å². The Hall–Kier alpha value is -2.62. The quantitative estimate of drug-likeness (QED) is 0.913. The minimum Gasteiger partial charge on any atom is -0.342 e. The van der Waals surface area contributed by atoms with E-state index in [1.807, 2.05) is 60.7 Å². The van der Waals surface area contributed by atoms with Gasteiger partial charge in [0.05, 0.1) is 0 Å². The van der Waals surface area contributed by atoms with E-state index in [0.29, 0.717) is 18.9 Å². The first-order chi connectivity index (χ1) is 12.2. The number of hydrogen-bond donors (Lipinski definition) is 1. The molecule has 2 aromatic carbocycles. The second-order valence-electron chi connectivity index (χ2n) is 6.98. The molecule has 1 saturated carbocycles. The molecule has 2 unspecified atom stereocenters. The number of amides is 2. The Bertz CT molecular complexity index is 756. The van der Waals surface area contributed by atoms with Gasteiger partial charge < -0.3 is 10.2 Å². The number of carbonyl (C=O) groups excluding carboxylic acids is 2. The number of hydrogen-bond acceptors (Lipinski definition) is 2. The molecule has 2 aliphatic rings. The van der Waals surface area contributed by atoms with Gasteiger partial charge in [-0.2, -0.15) is 0 Å². The summed E-state index contributed by atoms with van der Waals surface area (Å²) < 4.78 is 0. The molecule has 2 amide bonds. The van der Waals surface area contributed by atoms with Crippen LogP contribution in [0.1, 0.15) is 24.0 Å². The van der Waals surface area contributed by atoms with Gasteiger partial charge in [0, 0.05) is 13.0 Å². The highest BCUT2D eigenvalue weighted by Gasteiger charge is 2.47. The van der Waals surface area contributed by atoms with Crippen molar-refractivity contribution < 1.29 is 9.59 Å². The Morgan fingerprint density at radius 2 is 1.48 bits per heavy atom. The molecule has 2 fully saturated rings. The van der Waals surface area contributed by atoms with Gasteiger partial charge in [-0.3, -0.25) is 9.59 Å². The number of nitrogens with zero attached hydrogens (tertiary/aromatic N) is 1. The molecule has 1 aliphatic heterocycles. The van der Waals surface area contributed by atoms with E-state index in [9.17, 15) is 9.59 Å². The molecule has 1 heterocycles. The summed E-state index contributed by atoms with van der Waals surface area (Å²) in [6.45, 7) is 0.500. The average molecular weight is 334 g/mol. The third kappa shape index (κ3) is 3.43. The van der Waals surface area contributed by atoms with Crippen molar-refractivity contribution in [2.75, 3.05) is 0 Å². The van der Waals surface area contributed by atoms with Gasteiger partial charge in [-0.15, -0.1) is 0 Å². The molecule has 128 valence electrons. The normalized spacial score (nSPS) is 23.4. The molecular weight excluding hydrogens is 312 g/mol. The Balaban J connectivity index is 1.58. The predicted molar refractivity (Wildman–Crippen MR) is 95.6 cm³/mol. The number of nitrogens with one attached hydrogen (secondary N) is 1. The lowest BCUT2D eigenvalue weighted by molar-refractivity contribution is -0.151. The lowest BCUT2D eigenvalue weighted by Gasteiger charge is -2.39.